The Bertz CT molecular complexity index is 512. The number of benzene rings is 1. The zero-order valence-corrected chi connectivity index (χ0v) is 12.9. The molecule has 0 unspecified atom stereocenters. The minimum atomic E-state index is -0.778. The lowest BCUT2D eigenvalue weighted by atomic mass is 10.0. The van der Waals surface area contributed by atoms with Crippen LogP contribution in [0.2, 0.25) is 0 Å². The molecule has 0 spiro atoms. The number of hydrogen-bond donors (Lipinski definition) is 0. The summed E-state index contributed by atoms with van der Waals surface area (Å²) in [4.78, 5) is 25.9. The van der Waals surface area contributed by atoms with E-state index >= 15 is 0 Å². The minimum absolute atomic E-state index is 0.157. The molecule has 1 fully saturated rings. The lowest BCUT2D eigenvalue weighted by molar-refractivity contribution is -0.146. The molecule has 0 aliphatic carbocycles. The van der Waals surface area contributed by atoms with E-state index in [1.165, 1.54) is 11.8 Å². The summed E-state index contributed by atoms with van der Waals surface area (Å²) in [5, 5.41) is 0. The molecule has 1 aliphatic rings. The first-order valence-corrected chi connectivity index (χ1v) is 7.70. The van der Waals surface area contributed by atoms with Crippen molar-refractivity contribution in [2.24, 2.45) is 0 Å². The SMILES string of the molecule is CSc1ccc([C@@H]2OC(C)(C)N(C(C)=O)[C@@H]2C=O)cc1. The highest BCUT2D eigenvalue weighted by atomic mass is 32.2. The van der Waals surface area contributed by atoms with Crippen LogP contribution in [-0.4, -0.2) is 35.1 Å². The van der Waals surface area contributed by atoms with E-state index in [1.807, 2.05) is 30.5 Å². The second kappa shape index (κ2) is 5.58. The summed E-state index contributed by atoms with van der Waals surface area (Å²) in [7, 11) is 0. The van der Waals surface area contributed by atoms with Gasteiger partial charge in [-0.2, -0.15) is 0 Å². The summed E-state index contributed by atoms with van der Waals surface area (Å²) in [5.74, 6) is -0.157. The van der Waals surface area contributed by atoms with Crippen molar-refractivity contribution in [2.75, 3.05) is 6.26 Å². The van der Waals surface area contributed by atoms with Crippen LogP contribution in [-0.2, 0) is 14.3 Å². The Kier molecular flexibility index (Phi) is 4.20. The van der Waals surface area contributed by atoms with Gasteiger partial charge in [-0.3, -0.25) is 4.79 Å². The third-order valence-electron chi connectivity index (χ3n) is 3.53. The molecular formula is C15H19NO3S. The predicted octanol–water partition coefficient (Wildman–Crippen LogP) is 2.63. The zero-order valence-electron chi connectivity index (χ0n) is 12.1. The van der Waals surface area contributed by atoms with Gasteiger partial charge in [-0.15, -0.1) is 11.8 Å². The van der Waals surface area contributed by atoms with Gasteiger partial charge in [-0.1, -0.05) is 12.1 Å². The molecule has 1 saturated heterocycles. The molecule has 0 aromatic heterocycles. The number of carbonyl (C=O) groups is 2. The normalized spacial score (nSPS) is 24.7. The zero-order chi connectivity index (χ0) is 14.9. The molecular weight excluding hydrogens is 274 g/mol. The van der Waals surface area contributed by atoms with E-state index in [9.17, 15) is 9.59 Å². The highest BCUT2D eigenvalue weighted by molar-refractivity contribution is 7.98. The molecule has 1 heterocycles. The Labute approximate surface area is 123 Å². The van der Waals surface area contributed by atoms with Crippen molar-refractivity contribution in [3.8, 4) is 0 Å². The van der Waals surface area contributed by atoms with Crippen molar-refractivity contribution in [2.45, 2.75) is 43.5 Å². The second-order valence-electron chi connectivity index (χ2n) is 5.27. The molecule has 4 nitrogen and oxygen atoms in total. The third-order valence-corrected chi connectivity index (χ3v) is 4.27. The van der Waals surface area contributed by atoms with Crippen molar-refractivity contribution in [3.05, 3.63) is 29.8 Å². The molecule has 0 N–H and O–H groups in total. The van der Waals surface area contributed by atoms with E-state index in [0.717, 1.165) is 16.7 Å². The summed E-state index contributed by atoms with van der Waals surface area (Å²) >= 11 is 1.66. The van der Waals surface area contributed by atoms with Gasteiger partial charge in [-0.05, 0) is 37.8 Å². The van der Waals surface area contributed by atoms with Crippen molar-refractivity contribution in [1.82, 2.24) is 4.90 Å². The Morgan fingerprint density at radius 2 is 1.95 bits per heavy atom. The van der Waals surface area contributed by atoms with Gasteiger partial charge in [0.25, 0.3) is 0 Å². The number of carbonyl (C=O) groups excluding carboxylic acids is 2. The van der Waals surface area contributed by atoms with Crippen LogP contribution in [0.3, 0.4) is 0 Å². The molecule has 1 amide bonds. The van der Waals surface area contributed by atoms with Gasteiger partial charge in [0.05, 0.1) is 0 Å². The lowest BCUT2D eigenvalue weighted by Crippen LogP contribution is -2.47. The van der Waals surface area contributed by atoms with Crippen LogP contribution in [0.4, 0.5) is 0 Å². The topological polar surface area (TPSA) is 46.6 Å². The number of rotatable bonds is 3. The fourth-order valence-corrected chi connectivity index (χ4v) is 3.12. The highest BCUT2D eigenvalue weighted by Gasteiger charge is 2.49. The molecule has 1 aliphatic heterocycles. The quantitative estimate of drug-likeness (QED) is 0.635. The van der Waals surface area contributed by atoms with E-state index in [2.05, 4.69) is 0 Å². The second-order valence-corrected chi connectivity index (χ2v) is 6.15. The van der Waals surface area contributed by atoms with Gasteiger partial charge in [0.15, 0.2) is 0 Å². The van der Waals surface area contributed by atoms with E-state index in [1.54, 1.807) is 25.6 Å². The van der Waals surface area contributed by atoms with E-state index in [-0.39, 0.29) is 5.91 Å². The first-order chi connectivity index (χ1) is 9.40. The maximum absolute atomic E-state index is 11.8. The van der Waals surface area contributed by atoms with Crippen molar-refractivity contribution < 1.29 is 14.3 Å². The fraction of sp³-hybridized carbons (Fsp3) is 0.467. The van der Waals surface area contributed by atoms with Crippen LogP contribution in [0.25, 0.3) is 0 Å². The summed E-state index contributed by atoms with van der Waals surface area (Å²) in [6.45, 7) is 5.07. The number of ether oxygens (including phenoxy) is 1. The molecule has 2 rings (SSSR count). The number of nitrogens with zero attached hydrogens (tertiary/aromatic N) is 1. The van der Waals surface area contributed by atoms with E-state index in [4.69, 9.17) is 4.74 Å². The molecule has 2 atom stereocenters. The average Bonchev–Trinajstić information content (AvgIpc) is 2.69. The Morgan fingerprint density at radius 1 is 1.35 bits per heavy atom. The van der Waals surface area contributed by atoms with Crippen LogP contribution in [0.5, 0.6) is 0 Å². The maximum Gasteiger partial charge on any atom is 0.222 e. The molecule has 0 bridgehead atoms. The summed E-state index contributed by atoms with van der Waals surface area (Å²) in [6, 6.07) is 7.31. The molecule has 108 valence electrons. The van der Waals surface area contributed by atoms with Gasteiger partial charge >= 0.3 is 0 Å². The molecule has 0 saturated carbocycles. The van der Waals surface area contributed by atoms with Gasteiger partial charge in [-0.25, -0.2) is 0 Å². The van der Waals surface area contributed by atoms with Crippen LogP contribution in [0.15, 0.2) is 29.2 Å². The predicted molar refractivity (Wildman–Crippen MR) is 78.5 cm³/mol. The molecule has 5 heteroatoms. The van der Waals surface area contributed by atoms with Gasteiger partial charge in [0, 0.05) is 11.8 Å². The van der Waals surface area contributed by atoms with Crippen LogP contribution in [0, 0.1) is 0 Å². The minimum Gasteiger partial charge on any atom is -0.346 e. The van der Waals surface area contributed by atoms with E-state index < -0.39 is 17.9 Å². The Morgan fingerprint density at radius 3 is 2.40 bits per heavy atom. The van der Waals surface area contributed by atoms with Crippen LogP contribution in [0.1, 0.15) is 32.4 Å². The number of thioether (sulfide) groups is 1. The van der Waals surface area contributed by atoms with Gasteiger partial charge in [0.2, 0.25) is 5.91 Å². The monoisotopic (exact) mass is 293 g/mol. The van der Waals surface area contributed by atoms with Crippen molar-refractivity contribution >= 4 is 24.0 Å². The lowest BCUT2D eigenvalue weighted by Gasteiger charge is -2.30. The maximum atomic E-state index is 11.8. The number of hydrogen-bond acceptors (Lipinski definition) is 4. The largest absolute Gasteiger partial charge is 0.346 e. The molecule has 0 radical (unpaired) electrons. The van der Waals surface area contributed by atoms with Crippen LogP contribution >= 0.6 is 11.8 Å². The molecule has 1 aromatic carbocycles. The fourth-order valence-electron chi connectivity index (χ4n) is 2.71. The number of aldehydes is 1. The highest BCUT2D eigenvalue weighted by Crippen LogP contribution is 2.40. The first kappa shape index (κ1) is 15.1. The summed E-state index contributed by atoms with van der Waals surface area (Å²) in [6.07, 6.45) is 2.39. The van der Waals surface area contributed by atoms with Crippen molar-refractivity contribution in [3.63, 3.8) is 0 Å². The third kappa shape index (κ3) is 2.60. The molecule has 20 heavy (non-hydrogen) atoms. The van der Waals surface area contributed by atoms with E-state index in [0.29, 0.717) is 0 Å². The van der Waals surface area contributed by atoms with Crippen molar-refractivity contribution in [1.29, 1.82) is 0 Å². The summed E-state index contributed by atoms with van der Waals surface area (Å²) < 4.78 is 5.95. The van der Waals surface area contributed by atoms with Gasteiger partial charge in [0.1, 0.15) is 24.2 Å². The Balaban J connectivity index is 2.36. The number of amides is 1. The summed E-state index contributed by atoms with van der Waals surface area (Å²) in [5.41, 5.74) is 0.136. The Hall–Kier alpha value is -1.33. The first-order valence-electron chi connectivity index (χ1n) is 6.47. The standard InChI is InChI=1S/C15H19NO3S/c1-10(18)16-13(9-17)14(19-15(16,2)3)11-5-7-12(20-4)8-6-11/h5-9,13-14H,1-4H3/t13-,14+/m1/s1. The smallest absolute Gasteiger partial charge is 0.222 e. The molecule has 1 aromatic rings. The van der Waals surface area contributed by atoms with Gasteiger partial charge < -0.3 is 14.4 Å². The average molecular weight is 293 g/mol. The van der Waals surface area contributed by atoms with Crippen LogP contribution < -0.4 is 0 Å².